The van der Waals surface area contributed by atoms with Gasteiger partial charge in [-0.3, -0.25) is 0 Å². The molecule has 0 fully saturated rings. The summed E-state index contributed by atoms with van der Waals surface area (Å²) in [6, 6.07) is 16.6. The molecule has 0 aliphatic carbocycles. The lowest BCUT2D eigenvalue weighted by Gasteiger charge is -2.00. The second-order valence-corrected chi connectivity index (χ2v) is 4.82. The average Bonchev–Trinajstić information content (AvgIpc) is 2.42. The van der Waals surface area contributed by atoms with Crippen molar-refractivity contribution in [3.05, 3.63) is 70.7 Å². The number of nitrogens with zero attached hydrogens (tertiary/aromatic N) is 1. The predicted molar refractivity (Wildman–Crippen MR) is 82.5 cm³/mol. The fraction of sp³-hybridized carbons (Fsp3) is 0. The summed E-state index contributed by atoms with van der Waals surface area (Å²) in [6.45, 7) is 0. The Morgan fingerprint density at radius 1 is 1.05 bits per heavy atom. The molecular weight excluding hydrogens is 304 g/mol. The van der Waals surface area contributed by atoms with Crippen LogP contribution >= 0.6 is 15.9 Å². The van der Waals surface area contributed by atoms with Gasteiger partial charge in [0.25, 0.3) is 0 Å². The summed E-state index contributed by atoms with van der Waals surface area (Å²) in [4.78, 5) is 4.20. The maximum Gasteiger partial charge on any atom is 0.127 e. The van der Waals surface area contributed by atoms with E-state index in [9.17, 15) is 5.11 Å². The van der Waals surface area contributed by atoms with Crippen LogP contribution in [0, 0.1) is 0 Å². The third kappa shape index (κ3) is 3.96. The van der Waals surface area contributed by atoms with E-state index in [0.29, 0.717) is 5.56 Å². The zero-order chi connectivity index (χ0) is 13.7. The average molecular weight is 317 g/mol. The Hall–Kier alpha value is -2.07. The van der Waals surface area contributed by atoms with E-state index in [1.165, 1.54) is 6.08 Å². The first-order valence-corrected chi connectivity index (χ1v) is 6.50. The van der Waals surface area contributed by atoms with E-state index >= 15 is 0 Å². The predicted octanol–water partition coefficient (Wildman–Crippen LogP) is 4.04. The summed E-state index contributed by atoms with van der Waals surface area (Å²) in [6.07, 6.45) is 1.44. The van der Waals surface area contributed by atoms with Crippen LogP contribution in [-0.4, -0.2) is 10.9 Å². The van der Waals surface area contributed by atoms with Crippen LogP contribution in [0.25, 0.3) is 5.76 Å². The molecule has 0 aliphatic heterocycles. The van der Waals surface area contributed by atoms with Gasteiger partial charge in [0.05, 0.1) is 5.69 Å². The minimum Gasteiger partial charge on any atom is -0.507 e. The second-order valence-electron chi connectivity index (χ2n) is 3.91. The minimum absolute atomic E-state index is 0.0963. The van der Waals surface area contributed by atoms with E-state index in [1.807, 2.05) is 42.5 Å². The number of nitrogens with two attached hydrogens (primary N) is 1. The largest absolute Gasteiger partial charge is 0.507 e. The van der Waals surface area contributed by atoms with Crippen molar-refractivity contribution < 1.29 is 5.11 Å². The molecule has 0 saturated heterocycles. The monoisotopic (exact) mass is 316 g/mol. The number of hydrogen-bond acceptors (Lipinski definition) is 2. The fourth-order valence-electron chi connectivity index (χ4n) is 1.53. The van der Waals surface area contributed by atoms with Gasteiger partial charge in [0.2, 0.25) is 0 Å². The molecule has 0 aliphatic rings. The highest BCUT2D eigenvalue weighted by atomic mass is 79.9. The summed E-state index contributed by atoms with van der Waals surface area (Å²) >= 11 is 3.35. The Labute approximate surface area is 120 Å². The molecule has 96 valence electrons. The van der Waals surface area contributed by atoms with Crippen LogP contribution in [0.15, 0.2) is 70.1 Å². The number of hydrogen-bond donors (Lipinski definition) is 2. The quantitative estimate of drug-likeness (QED) is 0.510. The molecule has 0 bridgehead atoms. The van der Waals surface area contributed by atoms with Gasteiger partial charge in [-0.05, 0) is 24.3 Å². The van der Waals surface area contributed by atoms with Crippen molar-refractivity contribution in [3.8, 4) is 0 Å². The van der Waals surface area contributed by atoms with Crippen molar-refractivity contribution in [2.45, 2.75) is 0 Å². The number of aliphatic hydroxyl groups is 1. The fourth-order valence-corrected chi connectivity index (χ4v) is 1.79. The highest BCUT2D eigenvalue weighted by molar-refractivity contribution is 9.10. The molecule has 0 unspecified atom stereocenters. The Bertz CT molecular complexity index is 604. The Morgan fingerprint density at radius 3 is 2.32 bits per heavy atom. The van der Waals surface area contributed by atoms with Crippen molar-refractivity contribution in [1.82, 2.24) is 0 Å². The van der Waals surface area contributed by atoms with Gasteiger partial charge < -0.3 is 10.8 Å². The smallest absolute Gasteiger partial charge is 0.127 e. The maximum atomic E-state index is 9.91. The van der Waals surface area contributed by atoms with Crippen molar-refractivity contribution in [2.75, 3.05) is 0 Å². The normalized spacial score (nSPS) is 12.5. The number of aliphatic hydroxyl groups excluding tert-OH is 1. The second kappa shape index (κ2) is 6.20. The first-order chi connectivity index (χ1) is 9.15. The van der Waals surface area contributed by atoms with Gasteiger partial charge in [-0.25, -0.2) is 4.99 Å². The molecule has 2 rings (SSSR count). The van der Waals surface area contributed by atoms with Crippen molar-refractivity contribution in [2.24, 2.45) is 10.7 Å². The van der Waals surface area contributed by atoms with Gasteiger partial charge in [-0.15, -0.1) is 0 Å². The van der Waals surface area contributed by atoms with Crippen molar-refractivity contribution in [1.29, 1.82) is 0 Å². The van der Waals surface area contributed by atoms with Crippen molar-refractivity contribution in [3.63, 3.8) is 0 Å². The molecule has 0 heterocycles. The highest BCUT2D eigenvalue weighted by Crippen LogP contribution is 2.17. The molecule has 3 nitrogen and oxygen atoms in total. The van der Waals surface area contributed by atoms with E-state index in [0.717, 1.165) is 10.2 Å². The van der Waals surface area contributed by atoms with Crippen LogP contribution in [0.4, 0.5) is 5.69 Å². The lowest BCUT2D eigenvalue weighted by atomic mass is 10.2. The van der Waals surface area contributed by atoms with Gasteiger partial charge in [-0.2, -0.15) is 0 Å². The number of benzene rings is 2. The van der Waals surface area contributed by atoms with Gasteiger partial charge in [0.15, 0.2) is 0 Å². The van der Waals surface area contributed by atoms with Crippen LogP contribution in [0.1, 0.15) is 5.56 Å². The van der Waals surface area contributed by atoms with Crippen LogP contribution in [0.3, 0.4) is 0 Å². The molecule has 0 saturated carbocycles. The molecule has 0 spiro atoms. The zero-order valence-electron chi connectivity index (χ0n) is 10.1. The molecule has 2 aromatic rings. The Kier molecular flexibility index (Phi) is 4.36. The van der Waals surface area contributed by atoms with E-state index < -0.39 is 0 Å². The number of halogens is 1. The SMILES string of the molecule is NC(/C=C(\O)c1ccccc1)=Nc1ccc(Br)cc1. The van der Waals surface area contributed by atoms with Crippen molar-refractivity contribution >= 4 is 33.2 Å². The third-order valence-corrected chi connectivity index (χ3v) is 2.97. The number of aliphatic imine (C=N–C) groups is 1. The molecule has 0 atom stereocenters. The molecule has 4 heteroatoms. The summed E-state index contributed by atoms with van der Waals surface area (Å²) in [5.74, 6) is 0.350. The molecule has 2 aromatic carbocycles. The molecule has 0 amide bonds. The molecule has 19 heavy (non-hydrogen) atoms. The summed E-state index contributed by atoms with van der Waals surface area (Å²) in [5.41, 5.74) is 7.22. The number of rotatable bonds is 3. The minimum atomic E-state index is 0.0963. The summed E-state index contributed by atoms with van der Waals surface area (Å²) in [7, 11) is 0. The van der Waals surface area contributed by atoms with Crippen LogP contribution in [-0.2, 0) is 0 Å². The standard InChI is InChI=1S/C15H13BrN2O/c16-12-6-8-13(9-7-12)18-15(17)10-14(19)11-4-2-1-3-5-11/h1-10,19H,(H2,17,18)/b14-10-. The first-order valence-electron chi connectivity index (χ1n) is 5.71. The van der Waals surface area contributed by atoms with Crippen LogP contribution in [0.2, 0.25) is 0 Å². The molecule has 0 aromatic heterocycles. The van der Waals surface area contributed by atoms with Gasteiger partial charge in [-0.1, -0.05) is 46.3 Å². The molecular formula is C15H13BrN2O. The van der Waals surface area contributed by atoms with E-state index in [4.69, 9.17) is 5.73 Å². The van der Waals surface area contributed by atoms with E-state index in [-0.39, 0.29) is 11.6 Å². The summed E-state index contributed by atoms with van der Waals surface area (Å²) < 4.78 is 0.979. The van der Waals surface area contributed by atoms with E-state index in [1.54, 1.807) is 12.1 Å². The van der Waals surface area contributed by atoms with Gasteiger partial charge in [0.1, 0.15) is 11.6 Å². The van der Waals surface area contributed by atoms with Crippen LogP contribution < -0.4 is 5.73 Å². The lowest BCUT2D eigenvalue weighted by Crippen LogP contribution is -2.08. The van der Waals surface area contributed by atoms with E-state index in [2.05, 4.69) is 20.9 Å². The van der Waals surface area contributed by atoms with Crippen LogP contribution in [0.5, 0.6) is 0 Å². The van der Waals surface area contributed by atoms with Gasteiger partial charge >= 0.3 is 0 Å². The zero-order valence-corrected chi connectivity index (χ0v) is 11.7. The Morgan fingerprint density at radius 2 is 1.68 bits per heavy atom. The topological polar surface area (TPSA) is 58.6 Å². The highest BCUT2D eigenvalue weighted by Gasteiger charge is 1.99. The lowest BCUT2D eigenvalue weighted by molar-refractivity contribution is 0.512. The Balaban J connectivity index is 2.20. The number of amidine groups is 1. The summed E-state index contributed by atoms with van der Waals surface area (Å²) in [5, 5.41) is 9.91. The molecule has 0 radical (unpaired) electrons. The van der Waals surface area contributed by atoms with Gasteiger partial charge in [0, 0.05) is 16.1 Å². The third-order valence-electron chi connectivity index (χ3n) is 2.44. The molecule has 3 N–H and O–H groups in total. The first kappa shape index (κ1) is 13.4. The maximum absolute atomic E-state index is 9.91.